The third-order valence-electron chi connectivity index (χ3n) is 2.52. The van der Waals surface area contributed by atoms with E-state index in [1.807, 2.05) is 37.2 Å². The maximum Gasteiger partial charge on any atom is 0.323 e. The van der Waals surface area contributed by atoms with Gasteiger partial charge in [0.05, 0.1) is 11.0 Å². The molecule has 16 heavy (non-hydrogen) atoms. The summed E-state index contributed by atoms with van der Waals surface area (Å²) < 4.78 is 5.38. The predicted octanol–water partition coefficient (Wildman–Crippen LogP) is 1.06. The van der Waals surface area contributed by atoms with E-state index >= 15 is 0 Å². The molecule has 5 nitrogen and oxygen atoms in total. The Morgan fingerprint density at radius 3 is 2.56 bits per heavy atom. The van der Waals surface area contributed by atoms with E-state index in [-0.39, 0.29) is 11.9 Å². The van der Waals surface area contributed by atoms with Crippen LogP contribution >= 0.6 is 0 Å². The average Bonchev–Trinajstić information content (AvgIpc) is 2.57. The number of nitrogens with one attached hydrogen (secondary N) is 2. The first-order valence-electron chi connectivity index (χ1n) is 5.03. The van der Waals surface area contributed by atoms with E-state index in [2.05, 4.69) is 9.97 Å². The van der Waals surface area contributed by atoms with E-state index in [1.165, 1.54) is 0 Å². The Morgan fingerprint density at radius 2 is 1.94 bits per heavy atom. The van der Waals surface area contributed by atoms with Crippen molar-refractivity contribution in [3.05, 3.63) is 34.2 Å². The number of rotatable bonds is 3. The van der Waals surface area contributed by atoms with E-state index in [0.29, 0.717) is 0 Å². The summed E-state index contributed by atoms with van der Waals surface area (Å²) in [6, 6.07) is 5.74. The number of nitrogens with zero attached hydrogens (tertiary/aromatic N) is 1. The number of H-pyrrole nitrogens is 2. The second kappa shape index (κ2) is 4.11. The number of hydrogen-bond acceptors (Lipinski definition) is 3. The summed E-state index contributed by atoms with van der Waals surface area (Å²) in [6.07, 6.45) is -0.109. The summed E-state index contributed by atoms with van der Waals surface area (Å²) in [5.74, 6) is 0. The Hall–Kier alpha value is -1.59. The molecule has 0 saturated heterocycles. The highest BCUT2D eigenvalue weighted by Gasteiger charge is 2.13. The van der Waals surface area contributed by atoms with Crippen molar-refractivity contribution in [2.45, 2.75) is 6.23 Å². The molecule has 0 amide bonds. The second-order valence-electron chi connectivity index (χ2n) is 3.94. The molecule has 2 rings (SSSR count). The Kier molecular flexibility index (Phi) is 2.80. The molecular weight excluding hydrogens is 206 g/mol. The van der Waals surface area contributed by atoms with Crippen LogP contribution in [0.15, 0.2) is 23.0 Å². The van der Waals surface area contributed by atoms with Crippen molar-refractivity contribution >= 4 is 11.0 Å². The van der Waals surface area contributed by atoms with Gasteiger partial charge < -0.3 is 14.7 Å². The number of methoxy groups -OCH3 is 1. The molecule has 0 aliphatic heterocycles. The Bertz CT molecular complexity index is 541. The first-order valence-corrected chi connectivity index (χ1v) is 5.03. The van der Waals surface area contributed by atoms with Crippen molar-refractivity contribution in [2.24, 2.45) is 0 Å². The lowest BCUT2D eigenvalue weighted by molar-refractivity contribution is -0.00531. The number of ether oxygens (including phenoxy) is 1. The highest BCUT2D eigenvalue weighted by atomic mass is 16.5. The van der Waals surface area contributed by atoms with Gasteiger partial charge in [-0.2, -0.15) is 0 Å². The zero-order chi connectivity index (χ0) is 11.7. The first-order chi connectivity index (χ1) is 7.61. The molecule has 2 aromatic rings. The summed E-state index contributed by atoms with van der Waals surface area (Å²) in [4.78, 5) is 18.5. The van der Waals surface area contributed by atoms with Gasteiger partial charge in [0.2, 0.25) is 0 Å². The molecule has 5 heteroatoms. The average molecular weight is 221 g/mol. The van der Waals surface area contributed by atoms with Crippen LogP contribution in [0.25, 0.3) is 11.0 Å². The van der Waals surface area contributed by atoms with Crippen LogP contribution in [0.2, 0.25) is 0 Å². The normalized spacial score (nSPS) is 13.5. The zero-order valence-corrected chi connectivity index (χ0v) is 9.57. The molecular formula is C11H15N3O2. The van der Waals surface area contributed by atoms with Crippen LogP contribution in [0.5, 0.6) is 0 Å². The van der Waals surface area contributed by atoms with Crippen molar-refractivity contribution in [1.82, 2.24) is 14.9 Å². The molecule has 0 bridgehead atoms. The van der Waals surface area contributed by atoms with E-state index < -0.39 is 0 Å². The summed E-state index contributed by atoms with van der Waals surface area (Å²) in [7, 11) is 5.55. The fraction of sp³-hybridized carbons (Fsp3) is 0.364. The van der Waals surface area contributed by atoms with Gasteiger partial charge in [0, 0.05) is 7.11 Å². The molecule has 0 radical (unpaired) electrons. The van der Waals surface area contributed by atoms with E-state index in [9.17, 15) is 4.79 Å². The van der Waals surface area contributed by atoms with Gasteiger partial charge >= 0.3 is 5.69 Å². The fourth-order valence-corrected chi connectivity index (χ4v) is 1.85. The first kappa shape index (κ1) is 10.9. The largest absolute Gasteiger partial charge is 0.362 e. The highest BCUT2D eigenvalue weighted by Crippen LogP contribution is 2.21. The van der Waals surface area contributed by atoms with Crippen LogP contribution in [0.1, 0.15) is 11.8 Å². The van der Waals surface area contributed by atoms with Gasteiger partial charge in [-0.3, -0.25) is 4.90 Å². The Labute approximate surface area is 93.0 Å². The van der Waals surface area contributed by atoms with E-state index in [4.69, 9.17) is 4.74 Å². The van der Waals surface area contributed by atoms with Gasteiger partial charge in [0.15, 0.2) is 0 Å². The quantitative estimate of drug-likeness (QED) is 0.762. The predicted molar refractivity (Wildman–Crippen MR) is 62.4 cm³/mol. The minimum absolute atomic E-state index is 0.109. The summed E-state index contributed by atoms with van der Waals surface area (Å²) in [5.41, 5.74) is 2.43. The smallest absolute Gasteiger partial charge is 0.323 e. The van der Waals surface area contributed by atoms with Gasteiger partial charge in [-0.25, -0.2) is 4.79 Å². The Morgan fingerprint density at radius 1 is 1.25 bits per heavy atom. The zero-order valence-electron chi connectivity index (χ0n) is 9.57. The lowest BCUT2D eigenvalue weighted by Gasteiger charge is -2.22. The summed E-state index contributed by atoms with van der Waals surface area (Å²) >= 11 is 0. The van der Waals surface area contributed by atoms with Crippen LogP contribution in [0, 0.1) is 0 Å². The number of fused-ring (bicyclic) bond motifs is 1. The Balaban J connectivity index is 2.48. The second-order valence-corrected chi connectivity index (χ2v) is 3.94. The molecule has 86 valence electrons. The monoisotopic (exact) mass is 221 g/mol. The lowest BCUT2D eigenvalue weighted by Crippen LogP contribution is -2.21. The standard InChI is InChI=1S/C11H15N3O2/c1-14(2)10(16-3)7-4-5-8-9(6-7)13-11(15)12-8/h4-6,10H,1-3H3,(H2,12,13,15). The topological polar surface area (TPSA) is 61.1 Å². The minimum atomic E-state index is -0.189. The van der Waals surface area contributed by atoms with Crippen molar-refractivity contribution in [2.75, 3.05) is 21.2 Å². The summed E-state index contributed by atoms with van der Waals surface area (Å²) in [5, 5.41) is 0. The third-order valence-corrected chi connectivity index (χ3v) is 2.52. The number of aromatic nitrogens is 2. The minimum Gasteiger partial charge on any atom is -0.362 e. The molecule has 0 aliphatic carbocycles. The van der Waals surface area contributed by atoms with E-state index in [0.717, 1.165) is 16.6 Å². The van der Waals surface area contributed by atoms with Crippen molar-refractivity contribution in [1.29, 1.82) is 0 Å². The number of aromatic amines is 2. The fourth-order valence-electron chi connectivity index (χ4n) is 1.85. The molecule has 1 aromatic heterocycles. The third kappa shape index (κ3) is 1.87. The number of imidazole rings is 1. The summed E-state index contributed by atoms with van der Waals surface area (Å²) in [6.45, 7) is 0. The van der Waals surface area contributed by atoms with Crippen molar-refractivity contribution in [3.63, 3.8) is 0 Å². The van der Waals surface area contributed by atoms with E-state index in [1.54, 1.807) is 7.11 Å². The maximum absolute atomic E-state index is 11.1. The SMILES string of the molecule is COC(c1ccc2[nH]c(=O)[nH]c2c1)N(C)C. The molecule has 0 saturated carbocycles. The molecule has 2 N–H and O–H groups in total. The van der Waals surface area contributed by atoms with Gasteiger partial charge in [-0.1, -0.05) is 6.07 Å². The van der Waals surface area contributed by atoms with Crippen LogP contribution < -0.4 is 5.69 Å². The van der Waals surface area contributed by atoms with Crippen LogP contribution in [0.4, 0.5) is 0 Å². The molecule has 1 unspecified atom stereocenters. The van der Waals surface area contributed by atoms with Crippen LogP contribution in [-0.4, -0.2) is 36.1 Å². The van der Waals surface area contributed by atoms with Gasteiger partial charge in [-0.15, -0.1) is 0 Å². The highest BCUT2D eigenvalue weighted by molar-refractivity contribution is 5.75. The lowest BCUT2D eigenvalue weighted by atomic mass is 10.1. The molecule has 0 aliphatic rings. The van der Waals surface area contributed by atoms with Crippen LogP contribution in [-0.2, 0) is 4.74 Å². The van der Waals surface area contributed by atoms with Gasteiger partial charge in [0.1, 0.15) is 6.23 Å². The molecule has 0 fully saturated rings. The molecule has 1 heterocycles. The van der Waals surface area contributed by atoms with Crippen molar-refractivity contribution in [3.8, 4) is 0 Å². The molecule has 1 atom stereocenters. The molecule has 0 spiro atoms. The van der Waals surface area contributed by atoms with Crippen LogP contribution in [0.3, 0.4) is 0 Å². The number of hydrogen-bond donors (Lipinski definition) is 2. The van der Waals surface area contributed by atoms with Gasteiger partial charge in [0.25, 0.3) is 0 Å². The van der Waals surface area contributed by atoms with Crippen molar-refractivity contribution < 1.29 is 4.74 Å². The molecule has 1 aromatic carbocycles. The maximum atomic E-state index is 11.1. The van der Waals surface area contributed by atoms with Gasteiger partial charge in [-0.05, 0) is 31.8 Å². The number of benzene rings is 1.